The predicted octanol–water partition coefficient (Wildman–Crippen LogP) is 2.37. The highest BCUT2D eigenvalue weighted by molar-refractivity contribution is 7.14. The Hall–Kier alpha value is -3.20. The minimum Gasteiger partial charge on any atom is -0.508 e. The molecule has 4 rings (SSSR count). The van der Waals surface area contributed by atoms with Gasteiger partial charge in [-0.05, 0) is 18.6 Å². The molecule has 1 fully saturated rings. The molecule has 0 atom stereocenters. The molecule has 1 amide bonds. The number of hydrogen-bond donors (Lipinski definition) is 1. The Morgan fingerprint density at radius 3 is 2.96 bits per heavy atom. The number of hydrogen-bond acceptors (Lipinski definition) is 8. The van der Waals surface area contributed by atoms with E-state index in [1.54, 1.807) is 16.3 Å². The average Bonchev–Trinajstić information content (AvgIpc) is 3.27. The van der Waals surface area contributed by atoms with Crippen molar-refractivity contribution in [1.29, 1.82) is 0 Å². The molecule has 0 spiro atoms. The maximum Gasteiger partial charge on any atom is 0.336 e. The molecular weight excluding hydrogens is 384 g/mol. The minimum absolute atomic E-state index is 0.0272. The monoisotopic (exact) mass is 400 g/mol. The van der Waals surface area contributed by atoms with Gasteiger partial charge in [0.2, 0.25) is 5.91 Å². The van der Waals surface area contributed by atoms with E-state index < -0.39 is 11.6 Å². The quantitative estimate of drug-likeness (QED) is 0.517. The van der Waals surface area contributed by atoms with Gasteiger partial charge >= 0.3 is 11.6 Å². The normalized spacial score (nSPS) is 14.0. The number of rotatable bonds is 5. The molecule has 1 aromatic carbocycles. The van der Waals surface area contributed by atoms with Gasteiger partial charge in [0.1, 0.15) is 17.9 Å². The minimum atomic E-state index is -0.594. The van der Waals surface area contributed by atoms with Gasteiger partial charge in [0, 0.05) is 41.4 Å². The number of amides is 1. The molecule has 144 valence electrons. The van der Waals surface area contributed by atoms with Crippen molar-refractivity contribution in [1.82, 2.24) is 4.98 Å². The second-order valence-electron chi connectivity index (χ2n) is 6.38. The average molecular weight is 400 g/mol. The van der Waals surface area contributed by atoms with Gasteiger partial charge in [-0.15, -0.1) is 11.3 Å². The number of thiazole rings is 1. The van der Waals surface area contributed by atoms with Crippen LogP contribution in [0.1, 0.15) is 24.1 Å². The van der Waals surface area contributed by atoms with Crippen molar-refractivity contribution in [2.24, 2.45) is 0 Å². The van der Waals surface area contributed by atoms with Gasteiger partial charge in [0.05, 0.1) is 12.1 Å². The number of nitrogens with zero attached hydrogens (tertiary/aromatic N) is 2. The summed E-state index contributed by atoms with van der Waals surface area (Å²) in [6.45, 7) is 0.544. The zero-order valence-corrected chi connectivity index (χ0v) is 15.5. The highest BCUT2D eigenvalue weighted by Crippen LogP contribution is 2.26. The highest BCUT2D eigenvalue weighted by atomic mass is 32.1. The van der Waals surface area contributed by atoms with E-state index in [4.69, 9.17) is 9.15 Å². The van der Waals surface area contributed by atoms with Crippen molar-refractivity contribution in [3.05, 3.63) is 51.3 Å². The third-order valence-corrected chi connectivity index (χ3v) is 5.28. The number of benzene rings is 1. The van der Waals surface area contributed by atoms with Crippen LogP contribution in [0.2, 0.25) is 0 Å². The summed E-state index contributed by atoms with van der Waals surface area (Å²) >= 11 is 1.32. The number of phenolic OH excluding ortho intramolecular Hbond substituents is 1. The fraction of sp³-hybridized carbons (Fsp3) is 0.263. The SMILES string of the molecule is O=C(Cc1csc(N2CCCC2=O)n1)OCc1cc(=O)oc2cc(O)ccc12. The molecule has 1 saturated heterocycles. The molecule has 1 aliphatic rings. The first kappa shape index (κ1) is 18.2. The molecule has 8 nitrogen and oxygen atoms in total. The number of ether oxygens (including phenoxy) is 1. The van der Waals surface area contributed by atoms with E-state index in [9.17, 15) is 19.5 Å². The summed E-state index contributed by atoms with van der Waals surface area (Å²) in [5.41, 5.74) is 0.648. The topological polar surface area (TPSA) is 110 Å². The van der Waals surface area contributed by atoms with Gasteiger partial charge in [0.25, 0.3) is 0 Å². The fourth-order valence-corrected chi connectivity index (χ4v) is 3.91. The third-order valence-electron chi connectivity index (χ3n) is 4.37. The lowest BCUT2D eigenvalue weighted by Gasteiger charge is -2.10. The Bertz CT molecular complexity index is 1120. The lowest BCUT2D eigenvalue weighted by atomic mass is 10.1. The van der Waals surface area contributed by atoms with E-state index in [0.29, 0.717) is 34.7 Å². The molecule has 1 N–H and O–H groups in total. The third kappa shape index (κ3) is 3.74. The standard InChI is InChI=1S/C19H16N2O6S/c22-13-3-4-14-11(6-18(25)27-15(14)8-13)9-26-17(24)7-12-10-28-19(20-12)21-5-1-2-16(21)23/h3-4,6,8,10,22H,1-2,5,7,9H2. The largest absolute Gasteiger partial charge is 0.508 e. The second kappa shape index (κ2) is 7.43. The van der Waals surface area contributed by atoms with Crippen LogP contribution in [0.25, 0.3) is 11.0 Å². The van der Waals surface area contributed by atoms with Crippen molar-refractivity contribution in [3.63, 3.8) is 0 Å². The Balaban J connectivity index is 1.43. The van der Waals surface area contributed by atoms with Crippen LogP contribution in [0.5, 0.6) is 5.75 Å². The van der Waals surface area contributed by atoms with E-state index in [-0.39, 0.29) is 30.3 Å². The number of aromatic hydroxyl groups is 1. The molecule has 28 heavy (non-hydrogen) atoms. The number of anilines is 1. The summed E-state index contributed by atoms with van der Waals surface area (Å²) in [5, 5.41) is 12.4. The summed E-state index contributed by atoms with van der Waals surface area (Å²) < 4.78 is 10.3. The molecule has 0 bridgehead atoms. The molecule has 0 aliphatic carbocycles. The zero-order chi connectivity index (χ0) is 19.7. The maximum absolute atomic E-state index is 12.2. The van der Waals surface area contributed by atoms with Crippen molar-refractivity contribution >= 4 is 39.3 Å². The highest BCUT2D eigenvalue weighted by Gasteiger charge is 2.24. The molecule has 1 aliphatic heterocycles. The van der Waals surface area contributed by atoms with Gasteiger partial charge < -0.3 is 14.3 Å². The van der Waals surface area contributed by atoms with Gasteiger partial charge in [-0.1, -0.05) is 0 Å². The summed E-state index contributed by atoms with van der Waals surface area (Å²) in [6, 6.07) is 5.64. The van der Waals surface area contributed by atoms with Crippen LogP contribution in [0.3, 0.4) is 0 Å². The van der Waals surface area contributed by atoms with Gasteiger partial charge in [0.15, 0.2) is 5.13 Å². The first-order valence-electron chi connectivity index (χ1n) is 8.66. The first-order valence-corrected chi connectivity index (χ1v) is 9.54. The van der Waals surface area contributed by atoms with Gasteiger partial charge in [-0.3, -0.25) is 14.5 Å². The number of fused-ring (bicyclic) bond motifs is 1. The zero-order valence-electron chi connectivity index (χ0n) is 14.7. The molecule has 0 saturated carbocycles. The van der Waals surface area contributed by atoms with E-state index >= 15 is 0 Å². The van der Waals surface area contributed by atoms with Crippen molar-refractivity contribution < 1.29 is 23.8 Å². The Morgan fingerprint density at radius 1 is 1.32 bits per heavy atom. The summed E-state index contributed by atoms with van der Waals surface area (Å²) in [5.74, 6) is -0.477. The predicted molar refractivity (Wildman–Crippen MR) is 101 cm³/mol. The van der Waals surface area contributed by atoms with Crippen LogP contribution in [-0.4, -0.2) is 28.5 Å². The Morgan fingerprint density at radius 2 is 2.18 bits per heavy atom. The first-order chi connectivity index (χ1) is 13.5. The lowest BCUT2D eigenvalue weighted by Crippen LogP contribution is -2.23. The van der Waals surface area contributed by atoms with Crippen molar-refractivity contribution in [2.75, 3.05) is 11.4 Å². The lowest BCUT2D eigenvalue weighted by molar-refractivity contribution is -0.144. The molecule has 9 heteroatoms. The Labute approximate surface area is 163 Å². The molecular formula is C19H16N2O6S. The molecule has 3 heterocycles. The molecule has 3 aromatic rings. The van der Waals surface area contributed by atoms with E-state index in [1.165, 1.54) is 29.5 Å². The summed E-state index contributed by atoms with van der Waals surface area (Å²) in [7, 11) is 0. The second-order valence-corrected chi connectivity index (χ2v) is 7.22. The number of carbonyl (C=O) groups excluding carboxylic acids is 2. The summed E-state index contributed by atoms with van der Waals surface area (Å²) in [4.78, 5) is 41.6. The van der Waals surface area contributed by atoms with Crippen molar-refractivity contribution in [3.8, 4) is 5.75 Å². The molecule has 0 radical (unpaired) electrons. The molecule has 2 aromatic heterocycles. The number of aromatic nitrogens is 1. The van der Waals surface area contributed by atoms with Crippen LogP contribution in [0, 0.1) is 0 Å². The van der Waals surface area contributed by atoms with Crippen molar-refractivity contribution in [2.45, 2.75) is 25.9 Å². The van der Waals surface area contributed by atoms with Crippen LogP contribution in [0.4, 0.5) is 5.13 Å². The maximum atomic E-state index is 12.2. The van der Waals surface area contributed by atoms with E-state index in [2.05, 4.69) is 4.98 Å². The van der Waals surface area contributed by atoms with E-state index in [0.717, 1.165) is 6.42 Å². The van der Waals surface area contributed by atoms with Gasteiger partial charge in [-0.2, -0.15) is 0 Å². The van der Waals surface area contributed by atoms with Crippen LogP contribution in [-0.2, 0) is 27.4 Å². The van der Waals surface area contributed by atoms with Crippen LogP contribution < -0.4 is 10.5 Å². The number of carbonyl (C=O) groups is 2. The van der Waals surface area contributed by atoms with E-state index in [1.807, 2.05) is 0 Å². The number of esters is 1. The smallest absolute Gasteiger partial charge is 0.336 e. The molecule has 0 unspecified atom stereocenters. The number of phenols is 1. The summed E-state index contributed by atoms with van der Waals surface area (Å²) in [6.07, 6.45) is 1.30. The fourth-order valence-electron chi connectivity index (χ4n) is 3.05. The van der Waals surface area contributed by atoms with Crippen LogP contribution in [0.15, 0.2) is 38.9 Å². The van der Waals surface area contributed by atoms with Gasteiger partial charge in [-0.25, -0.2) is 9.78 Å². The van der Waals surface area contributed by atoms with Crippen LogP contribution >= 0.6 is 11.3 Å². The Kier molecular flexibility index (Phi) is 4.82.